The van der Waals surface area contributed by atoms with Crippen molar-refractivity contribution in [2.24, 2.45) is 10.1 Å². The molecule has 1 aromatic carbocycles. The zero-order valence-corrected chi connectivity index (χ0v) is 16.7. The van der Waals surface area contributed by atoms with Gasteiger partial charge < -0.3 is 10.1 Å². The van der Waals surface area contributed by atoms with Gasteiger partial charge in [-0.15, -0.1) is 0 Å². The molecule has 1 aromatic heterocycles. The number of pyridine rings is 1. The Kier molecular flexibility index (Phi) is 6.03. The predicted molar refractivity (Wildman–Crippen MR) is 113 cm³/mol. The molecule has 1 saturated heterocycles. The largest absolute Gasteiger partial charge is 0.411 e. The van der Waals surface area contributed by atoms with Crippen molar-refractivity contribution in [3.05, 3.63) is 58.2 Å². The monoisotopic (exact) mass is 396 g/mol. The molecule has 0 unspecified atom stereocenters. The quantitative estimate of drug-likeness (QED) is 0.438. The summed E-state index contributed by atoms with van der Waals surface area (Å²) in [5.74, 6) is 0.762. The fourth-order valence-corrected chi connectivity index (χ4v) is 4.27. The third-order valence-electron chi connectivity index (χ3n) is 5.54. The van der Waals surface area contributed by atoms with Gasteiger partial charge in [-0.05, 0) is 56.1 Å². The number of likely N-dealkylation sites (tertiary alicyclic amines) is 1. The Hall–Kier alpha value is -2.24. The summed E-state index contributed by atoms with van der Waals surface area (Å²) < 4.78 is 0. The second-order valence-electron chi connectivity index (χ2n) is 7.52. The number of benzene rings is 1. The van der Waals surface area contributed by atoms with Crippen molar-refractivity contribution in [2.45, 2.75) is 38.5 Å². The Morgan fingerprint density at radius 3 is 2.82 bits per heavy atom. The Labute approximate surface area is 170 Å². The first-order chi connectivity index (χ1) is 13.7. The van der Waals surface area contributed by atoms with E-state index in [0.29, 0.717) is 17.2 Å². The SMILES string of the molecule is O/N=C(\Cc1cccc(Cl)c1)c1ccnc2c1CC(CCN1CCCCC1)=N2. The third-order valence-corrected chi connectivity index (χ3v) is 5.77. The number of oxime groups is 1. The Bertz CT molecular complexity index is 903. The molecule has 0 radical (unpaired) electrons. The van der Waals surface area contributed by atoms with Gasteiger partial charge in [0.2, 0.25) is 0 Å². The molecule has 0 saturated carbocycles. The molecular weight excluding hydrogens is 372 g/mol. The molecule has 5 nitrogen and oxygen atoms in total. The van der Waals surface area contributed by atoms with Crippen molar-refractivity contribution in [1.82, 2.24) is 9.88 Å². The summed E-state index contributed by atoms with van der Waals surface area (Å²) in [6, 6.07) is 9.55. The average Bonchev–Trinajstić information content (AvgIpc) is 3.15. The lowest BCUT2D eigenvalue weighted by molar-refractivity contribution is 0.235. The number of piperidine rings is 1. The fourth-order valence-electron chi connectivity index (χ4n) is 4.05. The van der Waals surface area contributed by atoms with Gasteiger partial charge in [0.05, 0.1) is 5.71 Å². The van der Waals surface area contributed by atoms with Gasteiger partial charge in [-0.1, -0.05) is 35.3 Å². The first kappa shape index (κ1) is 19.1. The lowest BCUT2D eigenvalue weighted by Gasteiger charge is -2.26. The molecule has 3 heterocycles. The van der Waals surface area contributed by atoms with Gasteiger partial charge in [0.25, 0.3) is 0 Å². The normalized spacial score (nSPS) is 17.5. The van der Waals surface area contributed by atoms with Gasteiger partial charge in [-0.3, -0.25) is 0 Å². The van der Waals surface area contributed by atoms with Crippen molar-refractivity contribution in [3.63, 3.8) is 0 Å². The minimum Gasteiger partial charge on any atom is -0.411 e. The summed E-state index contributed by atoms with van der Waals surface area (Å²) >= 11 is 6.09. The molecule has 1 N–H and O–H groups in total. The van der Waals surface area contributed by atoms with Gasteiger partial charge >= 0.3 is 0 Å². The summed E-state index contributed by atoms with van der Waals surface area (Å²) in [4.78, 5) is 11.7. The van der Waals surface area contributed by atoms with E-state index in [4.69, 9.17) is 16.6 Å². The van der Waals surface area contributed by atoms with Crippen LogP contribution in [-0.4, -0.2) is 46.1 Å². The maximum atomic E-state index is 9.67. The molecule has 2 aliphatic rings. The first-order valence-electron chi connectivity index (χ1n) is 9.95. The topological polar surface area (TPSA) is 61.1 Å². The molecule has 0 bridgehead atoms. The van der Waals surface area contributed by atoms with Crippen LogP contribution in [-0.2, 0) is 12.8 Å². The van der Waals surface area contributed by atoms with E-state index in [1.54, 1.807) is 6.20 Å². The summed E-state index contributed by atoms with van der Waals surface area (Å²) in [6.45, 7) is 3.46. The summed E-state index contributed by atoms with van der Waals surface area (Å²) in [5.41, 5.74) is 4.78. The summed E-state index contributed by atoms with van der Waals surface area (Å²) in [6.07, 6.45) is 7.96. The third kappa shape index (κ3) is 4.42. The summed E-state index contributed by atoms with van der Waals surface area (Å²) in [7, 11) is 0. The van der Waals surface area contributed by atoms with Crippen LogP contribution in [0.15, 0.2) is 46.7 Å². The van der Waals surface area contributed by atoms with Gasteiger partial charge in [0.15, 0.2) is 5.82 Å². The number of hydrogen-bond donors (Lipinski definition) is 1. The first-order valence-corrected chi connectivity index (χ1v) is 10.3. The van der Waals surface area contributed by atoms with E-state index >= 15 is 0 Å². The maximum Gasteiger partial charge on any atom is 0.155 e. The standard InChI is InChI=1S/C22H25ClN4O/c23-17-6-4-5-16(13-17)14-21(26-28)19-7-9-24-22-20(19)15-18(25-22)8-12-27-10-2-1-3-11-27/h4-7,9,13,28H,1-3,8,10-12,14-15H2/b26-21+. The molecular formula is C22H25ClN4O. The van der Waals surface area contributed by atoms with Crippen molar-refractivity contribution < 1.29 is 5.21 Å². The maximum absolute atomic E-state index is 9.67. The zero-order valence-electron chi connectivity index (χ0n) is 15.9. The van der Waals surface area contributed by atoms with Crippen LogP contribution in [0.25, 0.3) is 0 Å². The van der Waals surface area contributed by atoms with Crippen LogP contribution in [0.1, 0.15) is 42.4 Å². The van der Waals surface area contributed by atoms with E-state index in [1.807, 2.05) is 30.3 Å². The molecule has 2 aliphatic heterocycles. The highest BCUT2D eigenvalue weighted by molar-refractivity contribution is 6.30. The Morgan fingerprint density at radius 1 is 1.18 bits per heavy atom. The molecule has 0 aliphatic carbocycles. The molecule has 2 aromatic rings. The number of hydrogen-bond acceptors (Lipinski definition) is 5. The number of aliphatic imine (C=N–C) groups is 1. The number of halogens is 1. The lowest BCUT2D eigenvalue weighted by atomic mass is 9.96. The van der Waals surface area contributed by atoms with Crippen LogP contribution in [0, 0.1) is 0 Å². The van der Waals surface area contributed by atoms with E-state index < -0.39 is 0 Å². The van der Waals surface area contributed by atoms with E-state index in [1.165, 1.54) is 38.1 Å². The average molecular weight is 397 g/mol. The van der Waals surface area contributed by atoms with Crippen LogP contribution < -0.4 is 0 Å². The number of fused-ring (bicyclic) bond motifs is 1. The molecule has 0 spiro atoms. The molecule has 1 fully saturated rings. The highest BCUT2D eigenvalue weighted by atomic mass is 35.5. The van der Waals surface area contributed by atoms with Crippen LogP contribution in [0.2, 0.25) is 5.02 Å². The molecule has 0 amide bonds. The van der Waals surface area contributed by atoms with Gasteiger partial charge in [-0.25, -0.2) is 9.98 Å². The van der Waals surface area contributed by atoms with E-state index in [2.05, 4.69) is 15.0 Å². The van der Waals surface area contributed by atoms with Crippen LogP contribution in [0.5, 0.6) is 0 Å². The Morgan fingerprint density at radius 2 is 2.04 bits per heavy atom. The Balaban J connectivity index is 1.47. The highest BCUT2D eigenvalue weighted by Crippen LogP contribution is 2.29. The molecule has 4 rings (SSSR count). The molecule has 146 valence electrons. The van der Waals surface area contributed by atoms with Crippen molar-refractivity contribution in [1.29, 1.82) is 0 Å². The van der Waals surface area contributed by atoms with Gasteiger partial charge in [-0.2, -0.15) is 0 Å². The van der Waals surface area contributed by atoms with Crippen LogP contribution in [0.3, 0.4) is 0 Å². The number of rotatable bonds is 6. The smallest absolute Gasteiger partial charge is 0.155 e. The highest BCUT2D eigenvalue weighted by Gasteiger charge is 2.22. The fraction of sp³-hybridized carbons (Fsp3) is 0.409. The van der Waals surface area contributed by atoms with E-state index in [9.17, 15) is 5.21 Å². The van der Waals surface area contributed by atoms with Crippen molar-refractivity contribution in [3.8, 4) is 0 Å². The molecule has 0 atom stereocenters. The second-order valence-corrected chi connectivity index (χ2v) is 7.96. The van der Waals surface area contributed by atoms with Gasteiger partial charge in [0.1, 0.15) is 0 Å². The lowest BCUT2D eigenvalue weighted by Crippen LogP contribution is -2.31. The van der Waals surface area contributed by atoms with E-state index in [0.717, 1.165) is 41.9 Å². The summed E-state index contributed by atoms with van der Waals surface area (Å²) in [5, 5.41) is 13.9. The number of nitrogens with zero attached hydrogens (tertiary/aromatic N) is 4. The van der Waals surface area contributed by atoms with Crippen molar-refractivity contribution in [2.75, 3.05) is 19.6 Å². The van der Waals surface area contributed by atoms with Gasteiger partial charge in [0, 0.05) is 47.4 Å². The molecule has 6 heteroatoms. The minimum atomic E-state index is 0.511. The predicted octanol–water partition coefficient (Wildman–Crippen LogP) is 4.66. The zero-order chi connectivity index (χ0) is 19.3. The minimum absolute atomic E-state index is 0.511. The van der Waals surface area contributed by atoms with Crippen molar-refractivity contribution >= 4 is 28.8 Å². The second kappa shape index (κ2) is 8.84. The van der Waals surface area contributed by atoms with E-state index in [-0.39, 0.29) is 0 Å². The van der Waals surface area contributed by atoms with Crippen LogP contribution in [0.4, 0.5) is 5.82 Å². The molecule has 28 heavy (non-hydrogen) atoms. The van der Waals surface area contributed by atoms with Crippen LogP contribution >= 0.6 is 11.6 Å². The number of aromatic nitrogens is 1.